The van der Waals surface area contributed by atoms with Gasteiger partial charge in [-0.25, -0.2) is 14.5 Å². The Morgan fingerprint density at radius 3 is 2.71 bits per heavy atom. The molecule has 0 saturated heterocycles. The second-order valence-electron chi connectivity index (χ2n) is 7.88. The van der Waals surface area contributed by atoms with Crippen molar-refractivity contribution in [3.05, 3.63) is 93.6 Å². The van der Waals surface area contributed by atoms with Gasteiger partial charge in [0, 0.05) is 30.8 Å². The number of fused-ring (bicyclic) bond motifs is 1. The monoisotopic (exact) mass is 416 g/mol. The molecule has 0 aliphatic heterocycles. The molecule has 1 atom stereocenters. The summed E-state index contributed by atoms with van der Waals surface area (Å²) in [5, 5.41) is 7.32. The zero-order valence-corrected chi connectivity index (χ0v) is 17.7. The molecule has 1 amide bonds. The van der Waals surface area contributed by atoms with Crippen molar-refractivity contribution in [2.45, 2.75) is 39.2 Å². The molecule has 4 rings (SSSR count). The number of H-pyrrole nitrogens is 1. The highest BCUT2D eigenvalue weighted by Crippen LogP contribution is 2.19. The predicted molar refractivity (Wildman–Crippen MR) is 117 cm³/mol. The van der Waals surface area contributed by atoms with E-state index < -0.39 is 0 Å². The van der Waals surface area contributed by atoms with Gasteiger partial charge in [-0.3, -0.25) is 9.59 Å². The summed E-state index contributed by atoms with van der Waals surface area (Å²) in [5.41, 5.74) is 3.17. The number of carbonyl (C=O) groups excluding carboxylic acids is 1. The van der Waals surface area contributed by atoms with Crippen LogP contribution in [-0.4, -0.2) is 30.5 Å². The Morgan fingerprint density at radius 2 is 1.97 bits per heavy atom. The summed E-state index contributed by atoms with van der Waals surface area (Å²) in [6.45, 7) is 5.86. The molecule has 4 aromatic rings. The molecule has 0 radical (unpaired) electrons. The van der Waals surface area contributed by atoms with E-state index >= 15 is 0 Å². The number of aryl methyl sites for hydroxylation is 1. The van der Waals surface area contributed by atoms with Gasteiger partial charge in [0.2, 0.25) is 0 Å². The van der Waals surface area contributed by atoms with E-state index in [4.69, 9.17) is 0 Å². The fourth-order valence-electron chi connectivity index (χ4n) is 3.42. The van der Waals surface area contributed by atoms with Crippen LogP contribution < -0.4 is 10.9 Å². The third-order valence-electron chi connectivity index (χ3n) is 5.01. The largest absolute Gasteiger partial charge is 0.345 e. The van der Waals surface area contributed by atoms with Crippen molar-refractivity contribution in [3.63, 3.8) is 0 Å². The first-order chi connectivity index (χ1) is 14.9. The first-order valence-electron chi connectivity index (χ1n) is 10.2. The molecule has 3 heterocycles. The van der Waals surface area contributed by atoms with Gasteiger partial charge in [-0.2, -0.15) is 5.10 Å². The zero-order valence-electron chi connectivity index (χ0n) is 17.7. The van der Waals surface area contributed by atoms with Crippen molar-refractivity contribution in [2.75, 3.05) is 0 Å². The Hall–Kier alpha value is -3.81. The van der Waals surface area contributed by atoms with Gasteiger partial charge in [0.25, 0.3) is 11.5 Å². The van der Waals surface area contributed by atoms with Crippen LogP contribution in [0.2, 0.25) is 0 Å². The maximum absolute atomic E-state index is 13.1. The van der Waals surface area contributed by atoms with Gasteiger partial charge in [0.15, 0.2) is 5.65 Å². The van der Waals surface area contributed by atoms with Gasteiger partial charge in [-0.1, -0.05) is 44.2 Å². The van der Waals surface area contributed by atoms with Crippen molar-refractivity contribution < 1.29 is 4.79 Å². The fourth-order valence-corrected chi connectivity index (χ4v) is 3.42. The first kappa shape index (κ1) is 20.5. The van der Waals surface area contributed by atoms with Gasteiger partial charge in [-0.15, -0.1) is 0 Å². The Bertz CT molecular complexity index is 1280. The van der Waals surface area contributed by atoms with Crippen molar-refractivity contribution in [1.82, 2.24) is 29.9 Å². The molecule has 1 unspecified atom stereocenters. The molecule has 31 heavy (non-hydrogen) atoms. The van der Waals surface area contributed by atoms with Crippen LogP contribution in [0.3, 0.4) is 0 Å². The molecule has 0 saturated carbocycles. The Morgan fingerprint density at radius 1 is 1.19 bits per heavy atom. The molecule has 0 aliphatic carbocycles. The molecule has 0 aliphatic rings. The second-order valence-corrected chi connectivity index (χ2v) is 7.88. The molecular formula is C23H24N6O2. The van der Waals surface area contributed by atoms with Gasteiger partial charge < -0.3 is 10.3 Å². The van der Waals surface area contributed by atoms with Crippen LogP contribution in [0.5, 0.6) is 0 Å². The highest BCUT2D eigenvalue weighted by Gasteiger charge is 2.21. The SMILES string of the molecule is Cc1cnc2c(C(=O)NC(Cc3cc(=O)[nH]c(C(C)C)n3)c3ccccc3)cnn2c1. The summed E-state index contributed by atoms with van der Waals surface area (Å²) < 4.78 is 1.59. The van der Waals surface area contributed by atoms with E-state index in [1.165, 1.54) is 12.3 Å². The molecule has 0 spiro atoms. The Labute approximate surface area is 179 Å². The average molecular weight is 416 g/mol. The van der Waals surface area contributed by atoms with Crippen LogP contribution in [0.25, 0.3) is 5.65 Å². The Kier molecular flexibility index (Phi) is 5.62. The number of nitrogens with zero attached hydrogens (tertiary/aromatic N) is 4. The van der Waals surface area contributed by atoms with E-state index in [9.17, 15) is 9.59 Å². The van der Waals surface area contributed by atoms with Crippen molar-refractivity contribution in [3.8, 4) is 0 Å². The third-order valence-corrected chi connectivity index (χ3v) is 5.01. The predicted octanol–water partition coefficient (Wildman–Crippen LogP) is 2.96. The molecule has 2 N–H and O–H groups in total. The lowest BCUT2D eigenvalue weighted by Gasteiger charge is -2.19. The minimum Gasteiger partial charge on any atom is -0.345 e. The minimum atomic E-state index is -0.372. The van der Waals surface area contributed by atoms with Crippen molar-refractivity contribution in [1.29, 1.82) is 0 Å². The molecular weight excluding hydrogens is 392 g/mol. The average Bonchev–Trinajstić information content (AvgIpc) is 3.16. The van der Waals surface area contributed by atoms with Crippen LogP contribution in [0.4, 0.5) is 0 Å². The molecule has 3 aromatic heterocycles. The molecule has 1 aromatic carbocycles. The lowest BCUT2D eigenvalue weighted by Crippen LogP contribution is -2.30. The number of hydrogen-bond donors (Lipinski definition) is 2. The number of carbonyl (C=O) groups is 1. The quantitative estimate of drug-likeness (QED) is 0.503. The molecule has 8 heteroatoms. The van der Waals surface area contributed by atoms with Crippen LogP contribution >= 0.6 is 0 Å². The van der Waals surface area contributed by atoms with Crippen LogP contribution in [0.1, 0.15) is 58.8 Å². The van der Waals surface area contributed by atoms with E-state index in [0.29, 0.717) is 29.1 Å². The van der Waals surface area contributed by atoms with E-state index in [2.05, 4.69) is 25.4 Å². The maximum Gasteiger partial charge on any atom is 0.257 e. The highest BCUT2D eigenvalue weighted by atomic mass is 16.1. The molecule has 0 fully saturated rings. The summed E-state index contributed by atoms with van der Waals surface area (Å²) in [5.74, 6) is 0.433. The standard InChI is InChI=1S/C23H24N6O2/c1-14(2)21-26-17(10-20(30)28-21)9-19(16-7-5-4-6-8-16)27-23(31)18-12-25-29-13-15(3)11-24-22(18)29/h4-8,10-14,19H,9H2,1-3H3,(H,27,31)(H,26,28,30). The summed E-state index contributed by atoms with van der Waals surface area (Å²) in [6.07, 6.45) is 5.42. The highest BCUT2D eigenvalue weighted by molar-refractivity contribution is 5.99. The minimum absolute atomic E-state index is 0.0886. The summed E-state index contributed by atoms with van der Waals surface area (Å²) >= 11 is 0. The number of amides is 1. The van der Waals surface area contributed by atoms with E-state index in [-0.39, 0.29) is 23.4 Å². The lowest BCUT2D eigenvalue weighted by molar-refractivity contribution is 0.0937. The number of rotatable bonds is 6. The Balaban J connectivity index is 1.66. The van der Waals surface area contributed by atoms with Crippen LogP contribution in [-0.2, 0) is 6.42 Å². The van der Waals surface area contributed by atoms with Gasteiger partial charge >= 0.3 is 0 Å². The van der Waals surface area contributed by atoms with Crippen molar-refractivity contribution in [2.24, 2.45) is 0 Å². The first-order valence-corrected chi connectivity index (χ1v) is 10.2. The van der Waals surface area contributed by atoms with E-state index in [0.717, 1.165) is 11.1 Å². The molecule has 0 bridgehead atoms. The lowest BCUT2D eigenvalue weighted by atomic mass is 10.0. The van der Waals surface area contributed by atoms with Crippen molar-refractivity contribution >= 4 is 11.6 Å². The normalized spacial score (nSPS) is 12.3. The number of hydrogen-bond acceptors (Lipinski definition) is 5. The van der Waals surface area contributed by atoms with Gasteiger partial charge in [0.1, 0.15) is 11.4 Å². The topological polar surface area (TPSA) is 105 Å². The number of nitrogens with one attached hydrogen (secondary N) is 2. The zero-order chi connectivity index (χ0) is 22.0. The number of benzene rings is 1. The van der Waals surface area contributed by atoms with Gasteiger partial charge in [0.05, 0.1) is 17.9 Å². The molecule has 8 nitrogen and oxygen atoms in total. The number of aromatic amines is 1. The second kappa shape index (κ2) is 8.51. The smallest absolute Gasteiger partial charge is 0.257 e. The van der Waals surface area contributed by atoms with E-state index in [1.807, 2.05) is 57.3 Å². The maximum atomic E-state index is 13.1. The number of aromatic nitrogens is 5. The third kappa shape index (κ3) is 4.53. The van der Waals surface area contributed by atoms with Gasteiger partial charge in [-0.05, 0) is 18.1 Å². The summed E-state index contributed by atoms with van der Waals surface area (Å²) in [6, 6.07) is 10.7. The van der Waals surface area contributed by atoms with Crippen LogP contribution in [0.15, 0.2) is 59.8 Å². The fraction of sp³-hybridized carbons (Fsp3) is 0.261. The van der Waals surface area contributed by atoms with E-state index in [1.54, 1.807) is 10.7 Å². The van der Waals surface area contributed by atoms with Crippen LogP contribution in [0, 0.1) is 6.92 Å². The summed E-state index contributed by atoms with van der Waals surface area (Å²) in [4.78, 5) is 37.0. The molecule has 158 valence electrons. The summed E-state index contributed by atoms with van der Waals surface area (Å²) in [7, 11) is 0.